The minimum atomic E-state index is -3.51. The molecule has 0 aliphatic carbocycles. The van der Waals surface area contributed by atoms with Gasteiger partial charge in [0.1, 0.15) is 0 Å². The Labute approximate surface area is 148 Å². The third-order valence-electron chi connectivity index (χ3n) is 5.15. The largest absolute Gasteiger partial charge is 0.322 e. The molecule has 136 valence electrons. The van der Waals surface area contributed by atoms with Gasteiger partial charge in [-0.05, 0) is 63.4 Å². The predicted molar refractivity (Wildman–Crippen MR) is 99.2 cm³/mol. The first-order valence-corrected chi connectivity index (χ1v) is 10.1. The summed E-state index contributed by atoms with van der Waals surface area (Å²) < 4.78 is 27.5. The number of nitrogens with zero attached hydrogens (tertiary/aromatic N) is 2. The fraction of sp³-hybridized carbons (Fsp3) is 0.500. The summed E-state index contributed by atoms with van der Waals surface area (Å²) in [6, 6.07) is 8.79. The molecule has 1 fully saturated rings. The third kappa shape index (κ3) is 3.63. The summed E-state index contributed by atoms with van der Waals surface area (Å²) in [5, 5.41) is 0.718. The summed E-state index contributed by atoms with van der Waals surface area (Å²) in [5.41, 5.74) is 0.447. The molecule has 7 heteroatoms. The van der Waals surface area contributed by atoms with Crippen molar-refractivity contribution in [1.82, 2.24) is 14.2 Å². The van der Waals surface area contributed by atoms with Crippen LogP contribution in [0.15, 0.2) is 40.0 Å². The summed E-state index contributed by atoms with van der Waals surface area (Å²) in [4.78, 5) is 16.7. The Morgan fingerprint density at radius 1 is 1.16 bits per heavy atom. The topological polar surface area (TPSA) is 73.5 Å². The number of rotatable bonds is 4. The van der Waals surface area contributed by atoms with Gasteiger partial charge in [-0.25, -0.2) is 8.42 Å². The molecule has 1 aromatic heterocycles. The van der Waals surface area contributed by atoms with Gasteiger partial charge >= 0.3 is 0 Å². The first kappa shape index (κ1) is 18.1. The Balaban J connectivity index is 1.81. The highest BCUT2D eigenvalue weighted by Crippen LogP contribution is 2.25. The number of benzene rings is 1. The van der Waals surface area contributed by atoms with Gasteiger partial charge in [0.2, 0.25) is 15.6 Å². The molecule has 0 saturated carbocycles. The van der Waals surface area contributed by atoms with Crippen LogP contribution in [-0.2, 0) is 10.0 Å². The lowest BCUT2D eigenvalue weighted by molar-refractivity contribution is 0.138. The molecule has 3 rings (SSSR count). The van der Waals surface area contributed by atoms with Crippen LogP contribution in [-0.4, -0.2) is 54.8 Å². The van der Waals surface area contributed by atoms with Gasteiger partial charge in [0.05, 0.1) is 4.90 Å². The van der Waals surface area contributed by atoms with E-state index in [4.69, 9.17) is 0 Å². The second-order valence-corrected chi connectivity index (χ2v) is 8.90. The van der Waals surface area contributed by atoms with E-state index in [2.05, 4.69) is 30.8 Å². The normalized spacial score (nSPS) is 17.6. The molecule has 0 atom stereocenters. The maximum Gasteiger partial charge on any atom is 0.248 e. The lowest BCUT2D eigenvalue weighted by atomic mass is 10.0. The summed E-state index contributed by atoms with van der Waals surface area (Å²) in [6.45, 7) is 5.38. The van der Waals surface area contributed by atoms with Gasteiger partial charge in [-0.1, -0.05) is 0 Å². The van der Waals surface area contributed by atoms with Gasteiger partial charge in [-0.2, -0.15) is 4.31 Å². The Hall–Kier alpha value is -1.70. The van der Waals surface area contributed by atoms with Crippen molar-refractivity contribution in [2.45, 2.75) is 43.7 Å². The highest BCUT2D eigenvalue weighted by molar-refractivity contribution is 7.89. The second kappa shape index (κ2) is 6.90. The van der Waals surface area contributed by atoms with Crippen molar-refractivity contribution in [3.63, 3.8) is 0 Å². The lowest BCUT2D eigenvalue weighted by Crippen LogP contribution is -2.47. The van der Waals surface area contributed by atoms with Crippen LogP contribution in [0.2, 0.25) is 0 Å². The number of fused-ring (bicyclic) bond motifs is 1. The number of pyridine rings is 1. The van der Waals surface area contributed by atoms with E-state index in [1.807, 2.05) is 0 Å². The quantitative estimate of drug-likeness (QED) is 0.902. The third-order valence-corrected chi connectivity index (χ3v) is 7.04. The van der Waals surface area contributed by atoms with E-state index in [9.17, 15) is 13.2 Å². The standard InChI is InChI=1S/C18H25N3O3S/c1-13(2)20(3)15-8-10-21(11-9-15)25(23,24)16-5-6-17-14(12-16)4-7-18(22)19-17/h4-7,12-13,15H,8-11H2,1-3H3,(H,19,22). The maximum absolute atomic E-state index is 12.9. The molecular weight excluding hydrogens is 338 g/mol. The van der Waals surface area contributed by atoms with Crippen LogP contribution < -0.4 is 5.56 Å². The van der Waals surface area contributed by atoms with Crippen molar-refractivity contribution in [3.05, 3.63) is 40.7 Å². The maximum atomic E-state index is 12.9. The smallest absolute Gasteiger partial charge is 0.248 e. The van der Waals surface area contributed by atoms with Crippen LogP contribution in [0.4, 0.5) is 0 Å². The number of aromatic nitrogens is 1. The Morgan fingerprint density at radius 3 is 2.48 bits per heavy atom. The Bertz CT molecular complexity index is 913. The number of hydrogen-bond donors (Lipinski definition) is 1. The molecule has 0 radical (unpaired) electrons. The molecule has 0 amide bonds. The van der Waals surface area contributed by atoms with Gasteiger partial charge in [0.15, 0.2) is 0 Å². The summed E-state index contributed by atoms with van der Waals surface area (Å²) in [6.07, 6.45) is 1.68. The molecule has 6 nitrogen and oxygen atoms in total. The van der Waals surface area contributed by atoms with Crippen LogP contribution >= 0.6 is 0 Å². The minimum absolute atomic E-state index is 0.195. The SMILES string of the molecule is CC(C)N(C)C1CCN(S(=O)(=O)c2ccc3[nH]c(=O)ccc3c2)CC1. The van der Waals surface area contributed by atoms with Crippen LogP contribution in [0.1, 0.15) is 26.7 Å². The molecule has 0 unspecified atom stereocenters. The van der Waals surface area contributed by atoms with Crippen molar-refractivity contribution in [2.24, 2.45) is 0 Å². The zero-order valence-electron chi connectivity index (χ0n) is 14.9. The van der Waals surface area contributed by atoms with Crippen LogP contribution in [0.3, 0.4) is 0 Å². The van der Waals surface area contributed by atoms with Crippen molar-refractivity contribution >= 4 is 20.9 Å². The van der Waals surface area contributed by atoms with Crippen molar-refractivity contribution in [2.75, 3.05) is 20.1 Å². The summed E-state index contributed by atoms with van der Waals surface area (Å²) >= 11 is 0. The van der Waals surface area contributed by atoms with Crippen molar-refractivity contribution in [1.29, 1.82) is 0 Å². The molecule has 1 aliphatic heterocycles. The predicted octanol–water partition coefficient (Wildman–Crippen LogP) is 2.02. The molecule has 25 heavy (non-hydrogen) atoms. The van der Waals surface area contributed by atoms with E-state index in [0.717, 1.165) is 18.2 Å². The first-order valence-electron chi connectivity index (χ1n) is 8.64. The molecule has 1 aromatic carbocycles. The van der Waals surface area contributed by atoms with E-state index < -0.39 is 10.0 Å². The molecule has 2 heterocycles. The first-order chi connectivity index (χ1) is 11.8. The van der Waals surface area contributed by atoms with Gasteiger partial charge in [-0.15, -0.1) is 0 Å². The van der Waals surface area contributed by atoms with Gasteiger partial charge in [0, 0.05) is 36.8 Å². The van der Waals surface area contributed by atoms with Gasteiger partial charge in [-0.3, -0.25) is 4.79 Å². The van der Waals surface area contributed by atoms with E-state index in [1.54, 1.807) is 28.6 Å². The lowest BCUT2D eigenvalue weighted by Gasteiger charge is -2.38. The molecule has 2 aromatic rings. The molecular formula is C18H25N3O3S. The zero-order chi connectivity index (χ0) is 18.2. The molecule has 0 spiro atoms. The zero-order valence-corrected chi connectivity index (χ0v) is 15.7. The second-order valence-electron chi connectivity index (χ2n) is 6.97. The number of sulfonamides is 1. The summed E-state index contributed by atoms with van der Waals surface area (Å²) in [5.74, 6) is 0. The van der Waals surface area contributed by atoms with Crippen molar-refractivity contribution in [3.8, 4) is 0 Å². The number of piperidine rings is 1. The average molecular weight is 363 g/mol. The fourth-order valence-corrected chi connectivity index (χ4v) is 4.86. The molecule has 1 aliphatic rings. The van der Waals surface area contributed by atoms with E-state index >= 15 is 0 Å². The Kier molecular flexibility index (Phi) is 4.99. The average Bonchev–Trinajstić information content (AvgIpc) is 2.60. The molecule has 0 bridgehead atoms. The van der Waals surface area contributed by atoms with Crippen molar-refractivity contribution < 1.29 is 8.42 Å². The molecule has 1 N–H and O–H groups in total. The van der Waals surface area contributed by atoms with Gasteiger partial charge in [0.25, 0.3) is 0 Å². The number of hydrogen-bond acceptors (Lipinski definition) is 4. The number of H-pyrrole nitrogens is 1. The van der Waals surface area contributed by atoms with E-state index in [0.29, 0.717) is 30.7 Å². The monoisotopic (exact) mass is 363 g/mol. The van der Waals surface area contributed by atoms with E-state index in [1.165, 1.54) is 6.07 Å². The highest BCUT2D eigenvalue weighted by atomic mass is 32.2. The van der Waals surface area contributed by atoms with Crippen LogP contribution in [0.25, 0.3) is 10.9 Å². The minimum Gasteiger partial charge on any atom is -0.322 e. The Morgan fingerprint density at radius 2 is 1.84 bits per heavy atom. The fourth-order valence-electron chi connectivity index (χ4n) is 3.35. The van der Waals surface area contributed by atoms with Crippen LogP contribution in [0.5, 0.6) is 0 Å². The van der Waals surface area contributed by atoms with E-state index in [-0.39, 0.29) is 10.5 Å². The number of nitrogens with one attached hydrogen (secondary N) is 1. The summed E-state index contributed by atoms with van der Waals surface area (Å²) in [7, 11) is -1.41. The van der Waals surface area contributed by atoms with Crippen LogP contribution in [0, 0.1) is 0 Å². The highest BCUT2D eigenvalue weighted by Gasteiger charge is 2.31. The number of aromatic amines is 1. The van der Waals surface area contributed by atoms with Gasteiger partial charge < -0.3 is 9.88 Å². The molecule has 1 saturated heterocycles.